The van der Waals surface area contributed by atoms with Gasteiger partial charge in [0.05, 0.1) is 18.1 Å². The van der Waals surface area contributed by atoms with Gasteiger partial charge in [-0.15, -0.1) is 0 Å². The fraction of sp³-hybridized carbons (Fsp3) is 0.333. The van der Waals surface area contributed by atoms with Gasteiger partial charge in [-0.1, -0.05) is 6.07 Å². The fourth-order valence-corrected chi connectivity index (χ4v) is 1.19. The summed E-state index contributed by atoms with van der Waals surface area (Å²) in [5, 5.41) is 19.4. The summed E-state index contributed by atoms with van der Waals surface area (Å²) >= 11 is 0. The monoisotopic (exact) mass is 197 g/mol. The molecule has 5 heteroatoms. The van der Waals surface area contributed by atoms with Crippen LogP contribution in [0.2, 0.25) is 0 Å². The zero-order valence-electron chi connectivity index (χ0n) is 7.77. The third-order valence-corrected chi connectivity index (χ3v) is 1.74. The Bertz CT molecular complexity index is 338. The molecule has 1 aromatic rings. The van der Waals surface area contributed by atoms with Crippen LogP contribution in [-0.4, -0.2) is 17.1 Å². The van der Waals surface area contributed by atoms with Crippen LogP contribution in [-0.2, 0) is 18.0 Å². The van der Waals surface area contributed by atoms with E-state index in [0.717, 1.165) is 0 Å². The van der Waals surface area contributed by atoms with Crippen LogP contribution in [0, 0.1) is 10.1 Å². The molecule has 0 fully saturated rings. The van der Waals surface area contributed by atoms with Crippen LogP contribution in [0.1, 0.15) is 11.1 Å². The van der Waals surface area contributed by atoms with E-state index in [0.29, 0.717) is 17.7 Å². The largest absolute Gasteiger partial charge is 0.392 e. The van der Waals surface area contributed by atoms with Gasteiger partial charge < -0.3 is 9.84 Å². The van der Waals surface area contributed by atoms with Gasteiger partial charge in [0.15, 0.2) is 0 Å². The molecule has 0 saturated heterocycles. The van der Waals surface area contributed by atoms with E-state index in [1.165, 1.54) is 19.2 Å². The molecule has 0 aliphatic heterocycles. The lowest BCUT2D eigenvalue weighted by Crippen LogP contribution is -1.95. The maximum absolute atomic E-state index is 10.5. The predicted molar refractivity (Wildman–Crippen MR) is 49.7 cm³/mol. The number of methoxy groups -OCH3 is 1. The molecule has 0 unspecified atom stereocenters. The van der Waals surface area contributed by atoms with E-state index in [-0.39, 0.29) is 12.3 Å². The first-order valence-corrected chi connectivity index (χ1v) is 4.04. The smallest absolute Gasteiger partial charge is 0.270 e. The SMILES string of the molecule is COCc1cc(CO)cc([N+](=O)[O-])c1. The minimum Gasteiger partial charge on any atom is -0.392 e. The summed E-state index contributed by atoms with van der Waals surface area (Å²) in [6, 6.07) is 4.46. The van der Waals surface area contributed by atoms with Crippen LogP contribution >= 0.6 is 0 Å². The highest BCUT2D eigenvalue weighted by Gasteiger charge is 2.08. The average Bonchev–Trinajstić information content (AvgIpc) is 2.17. The zero-order chi connectivity index (χ0) is 10.6. The molecule has 5 nitrogen and oxygen atoms in total. The van der Waals surface area contributed by atoms with E-state index in [9.17, 15) is 10.1 Å². The molecule has 0 aliphatic carbocycles. The number of nitro groups is 1. The number of aliphatic hydroxyl groups excluding tert-OH is 1. The zero-order valence-corrected chi connectivity index (χ0v) is 7.77. The summed E-state index contributed by atoms with van der Waals surface area (Å²) in [5.41, 5.74) is 1.18. The van der Waals surface area contributed by atoms with Gasteiger partial charge in [0.1, 0.15) is 0 Å². The Morgan fingerprint density at radius 1 is 1.43 bits per heavy atom. The number of ether oxygens (including phenoxy) is 1. The molecule has 0 radical (unpaired) electrons. The minimum absolute atomic E-state index is 0.0244. The number of nitrogens with zero attached hydrogens (tertiary/aromatic N) is 1. The van der Waals surface area contributed by atoms with Crippen molar-refractivity contribution in [1.29, 1.82) is 0 Å². The maximum Gasteiger partial charge on any atom is 0.270 e. The van der Waals surface area contributed by atoms with Crippen molar-refractivity contribution < 1.29 is 14.8 Å². The molecular formula is C9H11NO4. The van der Waals surface area contributed by atoms with Crippen LogP contribution in [0.5, 0.6) is 0 Å². The van der Waals surface area contributed by atoms with E-state index in [4.69, 9.17) is 9.84 Å². The first kappa shape index (κ1) is 10.6. The van der Waals surface area contributed by atoms with Crippen LogP contribution in [0.3, 0.4) is 0 Å². The molecule has 14 heavy (non-hydrogen) atoms. The summed E-state index contributed by atoms with van der Waals surface area (Å²) < 4.78 is 4.86. The lowest BCUT2D eigenvalue weighted by atomic mass is 10.1. The van der Waals surface area contributed by atoms with Crippen molar-refractivity contribution in [2.24, 2.45) is 0 Å². The van der Waals surface area contributed by atoms with E-state index >= 15 is 0 Å². The fourth-order valence-electron chi connectivity index (χ4n) is 1.19. The topological polar surface area (TPSA) is 72.6 Å². The van der Waals surface area contributed by atoms with Gasteiger partial charge in [0.2, 0.25) is 0 Å². The molecule has 1 aromatic carbocycles. The summed E-state index contributed by atoms with van der Waals surface area (Å²) in [6.45, 7) is 0.0904. The van der Waals surface area contributed by atoms with Gasteiger partial charge in [0.25, 0.3) is 5.69 Å². The van der Waals surface area contributed by atoms with Crippen molar-refractivity contribution in [3.63, 3.8) is 0 Å². The van der Waals surface area contributed by atoms with Gasteiger partial charge in [-0.05, 0) is 11.1 Å². The molecule has 0 bridgehead atoms. The number of aliphatic hydroxyl groups is 1. The number of non-ortho nitro benzene ring substituents is 1. The Labute approximate surface area is 81.1 Å². The van der Waals surface area contributed by atoms with Gasteiger partial charge in [-0.2, -0.15) is 0 Å². The highest BCUT2D eigenvalue weighted by atomic mass is 16.6. The van der Waals surface area contributed by atoms with E-state index in [1.54, 1.807) is 6.07 Å². The molecule has 1 rings (SSSR count). The first-order valence-electron chi connectivity index (χ1n) is 4.04. The highest BCUT2D eigenvalue weighted by molar-refractivity contribution is 5.38. The molecule has 0 saturated carbocycles. The number of rotatable bonds is 4. The third kappa shape index (κ3) is 2.51. The normalized spacial score (nSPS) is 10.1. The third-order valence-electron chi connectivity index (χ3n) is 1.74. The number of hydrogen-bond donors (Lipinski definition) is 1. The highest BCUT2D eigenvalue weighted by Crippen LogP contribution is 2.17. The van der Waals surface area contributed by atoms with Crippen LogP contribution < -0.4 is 0 Å². The Hall–Kier alpha value is -1.46. The lowest BCUT2D eigenvalue weighted by Gasteiger charge is -2.02. The average molecular weight is 197 g/mol. The van der Waals surface area contributed by atoms with Crippen molar-refractivity contribution in [2.45, 2.75) is 13.2 Å². The van der Waals surface area contributed by atoms with Crippen LogP contribution in [0.15, 0.2) is 18.2 Å². The quantitative estimate of drug-likeness (QED) is 0.582. The predicted octanol–water partition coefficient (Wildman–Crippen LogP) is 1.23. The number of hydrogen-bond acceptors (Lipinski definition) is 4. The summed E-state index contributed by atoms with van der Waals surface area (Å²) in [6.07, 6.45) is 0. The number of benzene rings is 1. The van der Waals surface area contributed by atoms with E-state index in [1.807, 2.05) is 0 Å². The van der Waals surface area contributed by atoms with Crippen LogP contribution in [0.4, 0.5) is 5.69 Å². The molecule has 0 atom stereocenters. The van der Waals surface area contributed by atoms with Crippen molar-refractivity contribution in [1.82, 2.24) is 0 Å². The van der Waals surface area contributed by atoms with Gasteiger partial charge >= 0.3 is 0 Å². The molecule has 0 heterocycles. The standard InChI is InChI=1S/C9H11NO4/c1-14-6-8-2-7(5-11)3-9(4-8)10(12)13/h2-4,11H,5-6H2,1H3. The van der Waals surface area contributed by atoms with E-state index < -0.39 is 4.92 Å². The Morgan fingerprint density at radius 3 is 2.57 bits per heavy atom. The van der Waals surface area contributed by atoms with Crippen LogP contribution in [0.25, 0.3) is 0 Å². The summed E-state index contributed by atoms with van der Waals surface area (Å²) in [7, 11) is 1.51. The molecule has 76 valence electrons. The van der Waals surface area contributed by atoms with Crippen molar-refractivity contribution in [3.05, 3.63) is 39.4 Å². The Balaban J connectivity index is 3.06. The van der Waals surface area contributed by atoms with Gasteiger partial charge in [-0.25, -0.2) is 0 Å². The molecule has 1 N–H and O–H groups in total. The second-order valence-corrected chi connectivity index (χ2v) is 2.86. The van der Waals surface area contributed by atoms with Crippen molar-refractivity contribution >= 4 is 5.69 Å². The van der Waals surface area contributed by atoms with Crippen molar-refractivity contribution in [2.75, 3.05) is 7.11 Å². The van der Waals surface area contributed by atoms with Gasteiger partial charge in [-0.3, -0.25) is 10.1 Å². The minimum atomic E-state index is -0.488. The summed E-state index contributed by atoms with van der Waals surface area (Å²) in [5.74, 6) is 0. The molecule has 0 amide bonds. The second kappa shape index (κ2) is 4.69. The molecule has 0 spiro atoms. The second-order valence-electron chi connectivity index (χ2n) is 2.86. The number of nitro benzene ring substituents is 1. The van der Waals surface area contributed by atoms with Gasteiger partial charge in [0, 0.05) is 19.2 Å². The molecular weight excluding hydrogens is 186 g/mol. The molecule has 0 aromatic heterocycles. The Morgan fingerprint density at radius 2 is 2.07 bits per heavy atom. The van der Waals surface area contributed by atoms with Crippen molar-refractivity contribution in [3.8, 4) is 0 Å². The molecule has 0 aliphatic rings. The maximum atomic E-state index is 10.5. The Kier molecular flexibility index (Phi) is 3.55. The summed E-state index contributed by atoms with van der Waals surface area (Å²) in [4.78, 5) is 10.0. The lowest BCUT2D eigenvalue weighted by molar-refractivity contribution is -0.385. The van der Waals surface area contributed by atoms with E-state index in [2.05, 4.69) is 0 Å². The first-order chi connectivity index (χ1) is 6.67.